The van der Waals surface area contributed by atoms with Crippen molar-refractivity contribution in [1.82, 2.24) is 0 Å². The molecule has 0 aliphatic rings. The Morgan fingerprint density at radius 3 is 2.67 bits per heavy atom. The molecule has 0 radical (unpaired) electrons. The van der Waals surface area contributed by atoms with E-state index < -0.39 is 0 Å². The Morgan fingerprint density at radius 1 is 1.67 bits per heavy atom. The molecule has 0 bridgehead atoms. The summed E-state index contributed by atoms with van der Waals surface area (Å²) < 4.78 is 0. The second kappa shape index (κ2) is 4.97. The third kappa shape index (κ3) is 3.41. The van der Waals surface area contributed by atoms with Crippen LogP contribution in [0.4, 0.5) is 0 Å². The standard InChI is InChI=1S/C7H9NO/c1-3-4-7(6-9)5-8-2/h3-6H,1H2,2H3/b7-4+,8-5-. The van der Waals surface area contributed by atoms with Gasteiger partial charge in [0.15, 0.2) is 6.29 Å². The summed E-state index contributed by atoms with van der Waals surface area (Å²) in [6.45, 7) is 3.43. The monoisotopic (exact) mass is 123 g/mol. The lowest BCUT2D eigenvalue weighted by Crippen LogP contribution is -1.83. The van der Waals surface area contributed by atoms with Gasteiger partial charge in [-0.15, -0.1) is 0 Å². The van der Waals surface area contributed by atoms with E-state index in [4.69, 9.17) is 0 Å². The highest BCUT2D eigenvalue weighted by Gasteiger charge is 1.82. The van der Waals surface area contributed by atoms with E-state index in [1.54, 1.807) is 19.2 Å². The Labute approximate surface area is 54.6 Å². The lowest BCUT2D eigenvalue weighted by atomic mass is 10.3. The van der Waals surface area contributed by atoms with Gasteiger partial charge in [-0.3, -0.25) is 9.79 Å². The van der Waals surface area contributed by atoms with Gasteiger partial charge in [-0.1, -0.05) is 18.7 Å². The van der Waals surface area contributed by atoms with Gasteiger partial charge in [-0.05, 0) is 0 Å². The molecule has 0 aliphatic carbocycles. The molecule has 0 aromatic rings. The molecule has 2 heteroatoms. The smallest absolute Gasteiger partial charge is 0.151 e. The highest BCUT2D eigenvalue weighted by molar-refractivity contribution is 6.01. The van der Waals surface area contributed by atoms with Gasteiger partial charge in [-0.2, -0.15) is 0 Å². The van der Waals surface area contributed by atoms with Crippen LogP contribution >= 0.6 is 0 Å². The first-order chi connectivity index (χ1) is 4.35. The molecule has 0 aliphatic heterocycles. The van der Waals surface area contributed by atoms with E-state index in [1.165, 1.54) is 6.21 Å². The molecule has 0 aromatic carbocycles. The Bertz CT molecular complexity index is 156. The fraction of sp³-hybridized carbons (Fsp3) is 0.143. The molecular weight excluding hydrogens is 114 g/mol. The Balaban J connectivity index is 4.13. The lowest BCUT2D eigenvalue weighted by molar-refractivity contribution is -0.104. The van der Waals surface area contributed by atoms with Crippen LogP contribution in [-0.4, -0.2) is 19.5 Å². The van der Waals surface area contributed by atoms with Crippen molar-refractivity contribution >= 4 is 12.5 Å². The maximum atomic E-state index is 10.1. The van der Waals surface area contributed by atoms with Crippen molar-refractivity contribution in [3.8, 4) is 0 Å². The van der Waals surface area contributed by atoms with Crippen molar-refractivity contribution in [1.29, 1.82) is 0 Å². The van der Waals surface area contributed by atoms with Crippen molar-refractivity contribution in [3.05, 3.63) is 24.3 Å². The molecular formula is C7H9NO. The number of carbonyl (C=O) groups excluding carboxylic acids is 1. The van der Waals surface area contributed by atoms with E-state index >= 15 is 0 Å². The molecule has 0 amide bonds. The quantitative estimate of drug-likeness (QED) is 0.238. The summed E-state index contributed by atoms with van der Waals surface area (Å²) in [5, 5.41) is 0. The minimum Gasteiger partial charge on any atom is -0.298 e. The van der Waals surface area contributed by atoms with Crippen molar-refractivity contribution < 1.29 is 4.79 Å². The lowest BCUT2D eigenvalue weighted by Gasteiger charge is -1.81. The fourth-order valence-electron chi connectivity index (χ4n) is 0.398. The van der Waals surface area contributed by atoms with Crippen LogP contribution in [0.2, 0.25) is 0 Å². The summed E-state index contributed by atoms with van der Waals surface area (Å²) in [6, 6.07) is 0. The maximum Gasteiger partial charge on any atom is 0.151 e. The van der Waals surface area contributed by atoms with Crippen molar-refractivity contribution in [3.63, 3.8) is 0 Å². The molecule has 0 heterocycles. The van der Waals surface area contributed by atoms with E-state index in [2.05, 4.69) is 11.6 Å². The third-order valence-electron chi connectivity index (χ3n) is 0.725. The van der Waals surface area contributed by atoms with Crippen molar-refractivity contribution in [2.45, 2.75) is 0 Å². The van der Waals surface area contributed by atoms with Gasteiger partial charge in [0.1, 0.15) is 0 Å². The second-order valence-corrected chi connectivity index (χ2v) is 1.41. The first-order valence-corrected chi connectivity index (χ1v) is 2.55. The van der Waals surface area contributed by atoms with Crippen LogP contribution in [0.25, 0.3) is 0 Å². The molecule has 48 valence electrons. The van der Waals surface area contributed by atoms with Gasteiger partial charge in [0.2, 0.25) is 0 Å². The Kier molecular flexibility index (Phi) is 4.32. The number of carbonyl (C=O) groups is 1. The average Bonchev–Trinajstić information content (AvgIpc) is 1.88. The average molecular weight is 123 g/mol. The number of hydrogen-bond donors (Lipinski definition) is 0. The third-order valence-corrected chi connectivity index (χ3v) is 0.725. The van der Waals surface area contributed by atoms with E-state index in [0.717, 1.165) is 6.29 Å². The van der Waals surface area contributed by atoms with Gasteiger partial charge in [0.25, 0.3) is 0 Å². The minimum atomic E-state index is 0.535. The van der Waals surface area contributed by atoms with Crippen molar-refractivity contribution in [2.24, 2.45) is 4.99 Å². The molecule has 0 spiro atoms. The zero-order chi connectivity index (χ0) is 7.11. The maximum absolute atomic E-state index is 10.1. The number of nitrogens with zero attached hydrogens (tertiary/aromatic N) is 1. The molecule has 0 aromatic heterocycles. The summed E-state index contributed by atoms with van der Waals surface area (Å²) in [5.41, 5.74) is 0.535. The van der Waals surface area contributed by atoms with Crippen LogP contribution in [-0.2, 0) is 4.79 Å². The van der Waals surface area contributed by atoms with Crippen LogP contribution in [0.5, 0.6) is 0 Å². The largest absolute Gasteiger partial charge is 0.298 e. The SMILES string of the molecule is C=C/C=C(C=O)\C=N/C. The second-order valence-electron chi connectivity index (χ2n) is 1.41. The van der Waals surface area contributed by atoms with Crippen LogP contribution in [0.1, 0.15) is 0 Å². The molecule has 0 rings (SSSR count). The molecule has 9 heavy (non-hydrogen) atoms. The molecule has 0 atom stereocenters. The zero-order valence-electron chi connectivity index (χ0n) is 5.37. The minimum absolute atomic E-state index is 0.535. The van der Waals surface area contributed by atoms with E-state index in [1.807, 2.05) is 0 Å². The summed E-state index contributed by atoms with van der Waals surface area (Å²) in [4.78, 5) is 13.7. The molecule has 0 unspecified atom stereocenters. The Hall–Kier alpha value is -1.18. The summed E-state index contributed by atoms with van der Waals surface area (Å²) in [6.07, 6.45) is 5.36. The molecule has 0 saturated heterocycles. The number of rotatable bonds is 3. The highest BCUT2D eigenvalue weighted by atomic mass is 16.1. The molecule has 0 saturated carbocycles. The summed E-state index contributed by atoms with van der Waals surface area (Å²) >= 11 is 0. The van der Waals surface area contributed by atoms with Gasteiger partial charge < -0.3 is 0 Å². The fourth-order valence-corrected chi connectivity index (χ4v) is 0.398. The first kappa shape index (κ1) is 7.82. The first-order valence-electron chi connectivity index (χ1n) is 2.55. The topological polar surface area (TPSA) is 29.4 Å². The summed E-state index contributed by atoms with van der Waals surface area (Å²) in [5.74, 6) is 0. The highest BCUT2D eigenvalue weighted by Crippen LogP contribution is 1.83. The molecule has 2 nitrogen and oxygen atoms in total. The van der Waals surface area contributed by atoms with Crippen LogP contribution in [0.15, 0.2) is 29.3 Å². The Morgan fingerprint density at radius 2 is 2.33 bits per heavy atom. The zero-order valence-corrected chi connectivity index (χ0v) is 5.37. The normalized spacial score (nSPS) is 11.9. The molecule has 0 N–H and O–H groups in total. The van der Waals surface area contributed by atoms with Gasteiger partial charge >= 0.3 is 0 Å². The van der Waals surface area contributed by atoms with Gasteiger partial charge in [0, 0.05) is 18.8 Å². The van der Waals surface area contributed by atoms with Gasteiger partial charge in [0.05, 0.1) is 0 Å². The van der Waals surface area contributed by atoms with Crippen LogP contribution in [0, 0.1) is 0 Å². The predicted octanol–water partition coefficient (Wildman–Crippen LogP) is 0.998. The van der Waals surface area contributed by atoms with Crippen LogP contribution in [0.3, 0.4) is 0 Å². The number of aldehydes is 1. The van der Waals surface area contributed by atoms with Crippen molar-refractivity contribution in [2.75, 3.05) is 7.05 Å². The summed E-state index contributed by atoms with van der Waals surface area (Å²) in [7, 11) is 1.61. The number of hydrogen-bond acceptors (Lipinski definition) is 2. The predicted molar refractivity (Wildman–Crippen MR) is 38.8 cm³/mol. The van der Waals surface area contributed by atoms with Gasteiger partial charge in [-0.25, -0.2) is 0 Å². The van der Waals surface area contributed by atoms with Crippen LogP contribution < -0.4 is 0 Å². The number of aliphatic imine (C=N–C) groups is 1. The van der Waals surface area contributed by atoms with E-state index in [0.29, 0.717) is 5.57 Å². The molecule has 0 fully saturated rings. The van der Waals surface area contributed by atoms with E-state index in [9.17, 15) is 4.79 Å². The number of allylic oxidation sites excluding steroid dienone is 3. The van der Waals surface area contributed by atoms with E-state index in [-0.39, 0.29) is 0 Å².